The van der Waals surface area contributed by atoms with E-state index in [0.717, 1.165) is 24.2 Å². The topological polar surface area (TPSA) is 93.5 Å². The summed E-state index contributed by atoms with van der Waals surface area (Å²) in [6, 6.07) is 9.86. The van der Waals surface area contributed by atoms with Gasteiger partial charge >= 0.3 is 5.97 Å². The summed E-state index contributed by atoms with van der Waals surface area (Å²) in [4.78, 5) is 29.9. The minimum Gasteiger partial charge on any atom is -0.478 e. The van der Waals surface area contributed by atoms with Gasteiger partial charge in [-0.3, -0.25) is 9.36 Å². The molecule has 3 aromatic rings. The fourth-order valence-corrected chi connectivity index (χ4v) is 5.01. The Morgan fingerprint density at radius 1 is 1.32 bits per heavy atom. The van der Waals surface area contributed by atoms with Crippen molar-refractivity contribution in [3.63, 3.8) is 0 Å². The minimum absolute atomic E-state index is 0.0920. The van der Waals surface area contributed by atoms with Crippen LogP contribution in [-0.2, 0) is 16.7 Å². The van der Waals surface area contributed by atoms with Gasteiger partial charge in [0.05, 0.1) is 34.5 Å². The second kappa shape index (κ2) is 7.35. The Hall–Kier alpha value is -2.90. The fraction of sp³-hybridized carbons (Fsp3) is 0.348. The number of nitrogens with zero attached hydrogens (tertiary/aromatic N) is 2. The predicted octanol–water partition coefficient (Wildman–Crippen LogP) is 3.98. The first kappa shape index (κ1) is 20.0. The molecular formula is C23H22ClN3O4. The Balaban J connectivity index is 1.65. The molecule has 31 heavy (non-hydrogen) atoms. The lowest BCUT2D eigenvalue weighted by molar-refractivity contribution is 0.0698. The summed E-state index contributed by atoms with van der Waals surface area (Å²) < 4.78 is 7.42. The van der Waals surface area contributed by atoms with Crippen LogP contribution in [0.25, 0.3) is 10.9 Å². The largest absolute Gasteiger partial charge is 0.478 e. The van der Waals surface area contributed by atoms with Crippen LogP contribution in [0.4, 0.5) is 5.69 Å². The van der Waals surface area contributed by atoms with Crippen LogP contribution in [0.1, 0.15) is 47.6 Å². The normalized spacial score (nSPS) is 20.8. The lowest BCUT2D eigenvalue weighted by Crippen LogP contribution is -2.29. The number of halogens is 1. The van der Waals surface area contributed by atoms with Crippen LogP contribution in [0.2, 0.25) is 5.02 Å². The average molecular weight is 440 g/mol. The molecule has 5 rings (SSSR count). The van der Waals surface area contributed by atoms with Gasteiger partial charge in [-0.2, -0.15) is 0 Å². The number of benzene rings is 2. The maximum atomic E-state index is 13.3. The predicted molar refractivity (Wildman–Crippen MR) is 118 cm³/mol. The van der Waals surface area contributed by atoms with Gasteiger partial charge in [-0.05, 0) is 44.0 Å². The molecule has 1 aromatic heterocycles. The molecule has 1 fully saturated rings. The van der Waals surface area contributed by atoms with E-state index in [-0.39, 0.29) is 22.6 Å². The summed E-state index contributed by atoms with van der Waals surface area (Å²) in [5.74, 6) is -0.229. The molecule has 1 spiro atoms. The van der Waals surface area contributed by atoms with Crippen LogP contribution in [0.3, 0.4) is 0 Å². The number of carboxylic acid groups (broad SMARTS) is 1. The molecule has 2 aromatic carbocycles. The van der Waals surface area contributed by atoms with E-state index >= 15 is 0 Å². The smallest absolute Gasteiger partial charge is 0.337 e. The lowest BCUT2D eigenvalue weighted by Gasteiger charge is -2.22. The van der Waals surface area contributed by atoms with Gasteiger partial charge in [0, 0.05) is 29.4 Å². The molecule has 0 radical (unpaired) electrons. The number of anilines is 1. The molecule has 1 saturated heterocycles. The van der Waals surface area contributed by atoms with Crippen molar-refractivity contribution in [2.75, 3.05) is 18.5 Å². The van der Waals surface area contributed by atoms with E-state index in [2.05, 4.69) is 5.32 Å². The Kier molecular flexibility index (Phi) is 4.75. The first-order valence-electron chi connectivity index (χ1n) is 10.3. The molecule has 0 unspecified atom stereocenters. The highest BCUT2D eigenvalue weighted by atomic mass is 35.5. The zero-order valence-corrected chi connectivity index (χ0v) is 17.8. The molecule has 7 nitrogen and oxygen atoms in total. The monoisotopic (exact) mass is 439 g/mol. The number of rotatable bonds is 4. The van der Waals surface area contributed by atoms with Crippen molar-refractivity contribution >= 4 is 34.2 Å². The summed E-state index contributed by atoms with van der Waals surface area (Å²) in [5.41, 5.74) is 1.72. The van der Waals surface area contributed by atoms with Gasteiger partial charge in [0.25, 0.3) is 5.56 Å². The molecule has 0 saturated carbocycles. The number of fused-ring (bicyclic) bond motifs is 3. The molecule has 0 amide bonds. The van der Waals surface area contributed by atoms with Crippen LogP contribution in [0.15, 0.2) is 41.2 Å². The second-order valence-corrected chi connectivity index (χ2v) is 8.77. The number of hydrogen-bond acceptors (Lipinski definition) is 5. The third-order valence-corrected chi connectivity index (χ3v) is 6.66. The summed E-state index contributed by atoms with van der Waals surface area (Å²) in [5, 5.41) is 13.7. The fourth-order valence-electron chi connectivity index (χ4n) is 4.78. The summed E-state index contributed by atoms with van der Waals surface area (Å²) >= 11 is 6.38. The van der Waals surface area contributed by atoms with Crippen molar-refractivity contribution in [1.82, 2.24) is 9.55 Å². The zero-order chi connectivity index (χ0) is 21.8. The van der Waals surface area contributed by atoms with Crippen LogP contribution >= 0.6 is 11.6 Å². The number of nitrogens with one attached hydrogen (secondary N) is 1. The number of aromatic nitrogens is 2. The Labute approximate surface area is 183 Å². The summed E-state index contributed by atoms with van der Waals surface area (Å²) in [6.07, 6.45) is 1.70. The standard InChI is InChI=1S/C23H22ClN3O4/c1-13(25-18-5-3-2-4-15(18)21(29)30)16-10-14(24)11-17-19(16)26-22-23(7-9-31-12-23)6-8-27(22)20(17)28/h2-5,10-11,13,25H,6-9,12H2,1H3,(H,29,30)/t13-,23-/m1/s1. The van der Waals surface area contributed by atoms with Gasteiger partial charge < -0.3 is 15.2 Å². The van der Waals surface area contributed by atoms with Gasteiger partial charge in [-0.15, -0.1) is 0 Å². The van der Waals surface area contributed by atoms with Gasteiger partial charge in [-0.1, -0.05) is 23.7 Å². The minimum atomic E-state index is -1.01. The molecule has 160 valence electrons. The Bertz CT molecular complexity index is 1260. The van der Waals surface area contributed by atoms with Crippen molar-refractivity contribution in [2.24, 2.45) is 0 Å². The van der Waals surface area contributed by atoms with Crippen LogP contribution in [0.5, 0.6) is 0 Å². The van der Waals surface area contributed by atoms with Crippen molar-refractivity contribution < 1.29 is 14.6 Å². The van der Waals surface area contributed by atoms with Crippen molar-refractivity contribution in [3.8, 4) is 0 Å². The number of para-hydroxylation sites is 1. The SMILES string of the molecule is C[C@@H](Nc1ccccc1C(=O)O)c1cc(Cl)cc2c(=O)n3c(nc12)[C@@]1(CCOC1)CC3. The van der Waals surface area contributed by atoms with E-state index in [0.29, 0.717) is 41.4 Å². The van der Waals surface area contributed by atoms with Gasteiger partial charge in [0.1, 0.15) is 5.82 Å². The van der Waals surface area contributed by atoms with E-state index in [4.69, 9.17) is 21.3 Å². The highest BCUT2D eigenvalue weighted by molar-refractivity contribution is 6.31. The average Bonchev–Trinajstić information content (AvgIpc) is 3.37. The van der Waals surface area contributed by atoms with E-state index in [1.807, 2.05) is 6.92 Å². The van der Waals surface area contributed by atoms with E-state index in [1.165, 1.54) is 0 Å². The number of carbonyl (C=O) groups is 1. The van der Waals surface area contributed by atoms with Crippen LogP contribution in [0, 0.1) is 0 Å². The van der Waals surface area contributed by atoms with E-state index in [9.17, 15) is 14.7 Å². The lowest BCUT2D eigenvalue weighted by atomic mass is 9.85. The molecule has 3 heterocycles. The third kappa shape index (κ3) is 3.20. The Morgan fingerprint density at radius 3 is 2.87 bits per heavy atom. The van der Waals surface area contributed by atoms with Crippen molar-refractivity contribution in [3.05, 3.63) is 68.7 Å². The maximum Gasteiger partial charge on any atom is 0.337 e. The zero-order valence-electron chi connectivity index (χ0n) is 17.0. The molecule has 2 aliphatic rings. The highest BCUT2D eigenvalue weighted by Gasteiger charge is 2.44. The third-order valence-electron chi connectivity index (χ3n) is 6.44. The first-order valence-corrected chi connectivity index (χ1v) is 10.7. The number of hydrogen-bond donors (Lipinski definition) is 2. The van der Waals surface area contributed by atoms with Crippen molar-refractivity contribution in [1.29, 1.82) is 0 Å². The molecule has 2 N–H and O–H groups in total. The van der Waals surface area contributed by atoms with Crippen LogP contribution in [-0.4, -0.2) is 33.8 Å². The molecule has 0 bridgehead atoms. The molecule has 0 aliphatic carbocycles. The highest BCUT2D eigenvalue weighted by Crippen LogP contribution is 2.41. The second-order valence-electron chi connectivity index (χ2n) is 8.33. The van der Waals surface area contributed by atoms with Gasteiger partial charge in [-0.25, -0.2) is 9.78 Å². The number of aromatic carboxylic acids is 1. The number of ether oxygens (including phenoxy) is 1. The van der Waals surface area contributed by atoms with E-state index < -0.39 is 5.97 Å². The first-order chi connectivity index (χ1) is 14.9. The molecular weight excluding hydrogens is 418 g/mol. The molecule has 2 aliphatic heterocycles. The van der Waals surface area contributed by atoms with Gasteiger partial charge in [0.2, 0.25) is 0 Å². The van der Waals surface area contributed by atoms with Crippen molar-refractivity contribution in [2.45, 2.75) is 37.8 Å². The molecule has 2 atom stereocenters. The summed E-state index contributed by atoms with van der Waals surface area (Å²) in [7, 11) is 0. The summed E-state index contributed by atoms with van der Waals surface area (Å²) in [6.45, 7) is 3.78. The van der Waals surface area contributed by atoms with Crippen LogP contribution < -0.4 is 10.9 Å². The maximum absolute atomic E-state index is 13.3. The number of carboxylic acids is 1. The van der Waals surface area contributed by atoms with E-state index in [1.54, 1.807) is 41.0 Å². The Morgan fingerprint density at radius 2 is 2.13 bits per heavy atom. The molecule has 8 heteroatoms. The van der Waals surface area contributed by atoms with Gasteiger partial charge in [0.15, 0.2) is 0 Å². The quantitative estimate of drug-likeness (QED) is 0.638.